The van der Waals surface area contributed by atoms with Crippen LogP contribution in [0.2, 0.25) is 0 Å². The molecule has 176 valence electrons. The zero-order valence-corrected chi connectivity index (χ0v) is 18.8. The molecule has 0 amide bonds. The molecule has 0 bridgehead atoms. The number of rotatable bonds is 5. The molecule has 2 aliphatic heterocycles. The molecule has 0 saturated carbocycles. The summed E-state index contributed by atoms with van der Waals surface area (Å²) in [5.74, 6) is 1.41. The summed E-state index contributed by atoms with van der Waals surface area (Å²) in [5, 5.41) is 4.01. The first-order valence-electron chi connectivity index (χ1n) is 11.9. The molecule has 0 radical (unpaired) electrons. The summed E-state index contributed by atoms with van der Waals surface area (Å²) in [7, 11) is 0. The molecular weight excluding hydrogens is 435 g/mol. The van der Waals surface area contributed by atoms with E-state index in [2.05, 4.69) is 10.3 Å². The van der Waals surface area contributed by atoms with Gasteiger partial charge in [0.05, 0.1) is 30.8 Å². The number of nitrogens with one attached hydrogen (secondary N) is 1. The fourth-order valence-electron chi connectivity index (χ4n) is 4.66. The summed E-state index contributed by atoms with van der Waals surface area (Å²) in [6, 6.07) is 13.7. The van der Waals surface area contributed by atoms with Crippen LogP contribution in [0.25, 0.3) is 27.9 Å². The van der Waals surface area contributed by atoms with Crippen LogP contribution in [0, 0.1) is 0 Å². The van der Waals surface area contributed by atoms with E-state index in [0.717, 1.165) is 66.3 Å². The fraction of sp³-hybridized carbons (Fsp3) is 0.385. The summed E-state index contributed by atoms with van der Waals surface area (Å²) >= 11 is 0. The van der Waals surface area contributed by atoms with Crippen molar-refractivity contribution in [1.82, 2.24) is 19.7 Å². The topological polar surface area (TPSA) is 69.9 Å². The lowest BCUT2D eigenvalue weighted by Crippen LogP contribution is -2.44. The maximum atomic E-state index is 14.4. The van der Waals surface area contributed by atoms with Crippen LogP contribution in [0.5, 0.6) is 11.5 Å². The van der Waals surface area contributed by atoms with Crippen molar-refractivity contribution < 1.29 is 18.6 Å². The summed E-state index contributed by atoms with van der Waals surface area (Å²) in [6.07, 6.45) is 4.87. The van der Waals surface area contributed by atoms with Crippen LogP contribution in [-0.4, -0.2) is 59.1 Å². The number of benzene rings is 1. The van der Waals surface area contributed by atoms with E-state index in [0.29, 0.717) is 18.7 Å². The quantitative estimate of drug-likeness (QED) is 0.480. The lowest BCUT2D eigenvalue weighted by molar-refractivity contribution is 0.0256. The van der Waals surface area contributed by atoms with Crippen LogP contribution in [0.4, 0.5) is 4.39 Å². The maximum absolute atomic E-state index is 14.4. The highest BCUT2D eigenvalue weighted by Crippen LogP contribution is 2.30. The number of hydrogen-bond acceptors (Lipinski definition) is 6. The van der Waals surface area contributed by atoms with E-state index < -0.39 is 12.3 Å². The van der Waals surface area contributed by atoms with Gasteiger partial charge >= 0.3 is 0 Å². The molecule has 3 aromatic heterocycles. The third-order valence-electron chi connectivity index (χ3n) is 6.53. The van der Waals surface area contributed by atoms with Crippen molar-refractivity contribution in [3.05, 3.63) is 54.9 Å². The predicted molar refractivity (Wildman–Crippen MR) is 127 cm³/mol. The average Bonchev–Trinajstić information content (AvgIpc) is 3.29. The molecule has 2 aliphatic rings. The first kappa shape index (κ1) is 21.3. The molecule has 4 aromatic rings. The van der Waals surface area contributed by atoms with Crippen LogP contribution in [0.3, 0.4) is 0 Å². The smallest absolute Gasteiger partial charge is 0.149 e. The molecule has 0 aliphatic carbocycles. The van der Waals surface area contributed by atoms with Gasteiger partial charge in [0.25, 0.3) is 0 Å². The first-order chi connectivity index (χ1) is 16.7. The Kier molecular flexibility index (Phi) is 5.76. The number of piperidine rings is 1. The van der Waals surface area contributed by atoms with E-state index in [9.17, 15) is 4.39 Å². The number of nitrogens with zero attached hydrogens (tertiary/aromatic N) is 3. The Morgan fingerprint density at radius 2 is 1.97 bits per heavy atom. The third-order valence-corrected chi connectivity index (χ3v) is 6.53. The highest BCUT2D eigenvalue weighted by atomic mass is 19.1. The van der Waals surface area contributed by atoms with Gasteiger partial charge in [0.15, 0.2) is 0 Å². The number of ether oxygens (including phenoxy) is 3. The predicted octanol–water partition coefficient (Wildman–Crippen LogP) is 4.19. The molecule has 5 heterocycles. The van der Waals surface area contributed by atoms with Gasteiger partial charge in [-0.15, -0.1) is 0 Å². The first-order valence-corrected chi connectivity index (χ1v) is 11.9. The molecule has 1 aromatic carbocycles. The van der Waals surface area contributed by atoms with Gasteiger partial charge in [-0.25, -0.2) is 14.4 Å². The standard InChI is InChI=1S/C26H27FN4O3/c27-20-15-28-10-6-23(20)34-24-3-1-2-17-4-5-21(30-26(17)24)22-16-29-25-14-19(7-11-31(22)25)33-18-8-12-32-13-9-18/h1-5,7,11,14,16,18,20,23,28H,6,8-10,12-13,15H2/t20?,23-/m0/s1. The fourth-order valence-corrected chi connectivity index (χ4v) is 4.66. The molecule has 8 heteroatoms. The average molecular weight is 463 g/mol. The van der Waals surface area contributed by atoms with E-state index in [1.165, 1.54) is 0 Å². The molecule has 1 unspecified atom stereocenters. The van der Waals surface area contributed by atoms with Gasteiger partial charge in [-0.05, 0) is 31.2 Å². The number of imidazole rings is 1. The number of halogens is 1. The molecule has 6 rings (SSSR count). The minimum atomic E-state index is -1.04. The summed E-state index contributed by atoms with van der Waals surface area (Å²) in [6.45, 7) is 2.54. The second-order valence-corrected chi connectivity index (χ2v) is 8.85. The maximum Gasteiger partial charge on any atom is 0.149 e. The summed E-state index contributed by atoms with van der Waals surface area (Å²) in [4.78, 5) is 9.49. The van der Waals surface area contributed by atoms with E-state index in [4.69, 9.17) is 19.2 Å². The van der Waals surface area contributed by atoms with Crippen molar-refractivity contribution in [2.24, 2.45) is 0 Å². The third kappa shape index (κ3) is 4.19. The van der Waals surface area contributed by atoms with E-state index in [-0.39, 0.29) is 6.10 Å². The molecular formula is C26H27FN4O3. The highest BCUT2D eigenvalue weighted by molar-refractivity contribution is 5.86. The van der Waals surface area contributed by atoms with E-state index in [1.54, 1.807) is 0 Å². The van der Waals surface area contributed by atoms with Crippen LogP contribution in [0.15, 0.2) is 54.9 Å². The van der Waals surface area contributed by atoms with Crippen molar-refractivity contribution in [1.29, 1.82) is 0 Å². The van der Waals surface area contributed by atoms with Crippen molar-refractivity contribution in [2.75, 3.05) is 26.3 Å². The van der Waals surface area contributed by atoms with Gasteiger partial charge < -0.3 is 19.5 Å². The molecule has 2 atom stereocenters. The molecule has 34 heavy (non-hydrogen) atoms. The van der Waals surface area contributed by atoms with Gasteiger partial charge in [0.1, 0.15) is 41.0 Å². The van der Waals surface area contributed by atoms with Crippen molar-refractivity contribution in [3.63, 3.8) is 0 Å². The van der Waals surface area contributed by atoms with Gasteiger partial charge in [-0.2, -0.15) is 0 Å². The van der Waals surface area contributed by atoms with Gasteiger partial charge in [-0.1, -0.05) is 18.2 Å². The Balaban J connectivity index is 1.30. The molecule has 2 fully saturated rings. The molecule has 2 saturated heterocycles. The van der Waals surface area contributed by atoms with Crippen molar-refractivity contribution in [2.45, 2.75) is 37.6 Å². The van der Waals surface area contributed by atoms with Crippen LogP contribution < -0.4 is 14.8 Å². The van der Waals surface area contributed by atoms with E-state index in [1.807, 2.05) is 59.3 Å². The van der Waals surface area contributed by atoms with Gasteiger partial charge in [-0.3, -0.25) is 4.40 Å². The molecule has 1 N–H and O–H groups in total. The number of aromatic nitrogens is 3. The van der Waals surface area contributed by atoms with Gasteiger partial charge in [0, 0.05) is 37.0 Å². The Morgan fingerprint density at radius 1 is 1.06 bits per heavy atom. The van der Waals surface area contributed by atoms with Crippen molar-refractivity contribution >= 4 is 16.6 Å². The van der Waals surface area contributed by atoms with Crippen molar-refractivity contribution in [3.8, 4) is 22.9 Å². The molecule has 0 spiro atoms. The summed E-state index contributed by atoms with van der Waals surface area (Å²) < 4.78 is 34.0. The monoisotopic (exact) mass is 462 g/mol. The zero-order valence-electron chi connectivity index (χ0n) is 18.8. The highest BCUT2D eigenvalue weighted by Gasteiger charge is 2.27. The van der Waals surface area contributed by atoms with Crippen LogP contribution in [0.1, 0.15) is 19.3 Å². The number of alkyl halides is 1. The van der Waals surface area contributed by atoms with Crippen LogP contribution in [-0.2, 0) is 4.74 Å². The Labute approximate surface area is 196 Å². The number of pyridine rings is 2. The number of para-hydroxylation sites is 1. The minimum absolute atomic E-state index is 0.176. The van der Waals surface area contributed by atoms with Crippen LogP contribution >= 0.6 is 0 Å². The van der Waals surface area contributed by atoms with E-state index >= 15 is 0 Å². The Bertz CT molecular complexity index is 1300. The molecule has 7 nitrogen and oxygen atoms in total. The number of hydrogen-bond donors (Lipinski definition) is 1. The Hall–Kier alpha value is -3.23. The second-order valence-electron chi connectivity index (χ2n) is 8.85. The number of fused-ring (bicyclic) bond motifs is 2. The minimum Gasteiger partial charge on any atom is -0.490 e. The normalized spacial score (nSPS) is 21.7. The lowest BCUT2D eigenvalue weighted by Gasteiger charge is -2.27. The van der Waals surface area contributed by atoms with Gasteiger partial charge in [0.2, 0.25) is 0 Å². The largest absolute Gasteiger partial charge is 0.490 e. The zero-order chi connectivity index (χ0) is 22.9. The second kappa shape index (κ2) is 9.19. The summed E-state index contributed by atoms with van der Waals surface area (Å²) in [5.41, 5.74) is 3.16. The Morgan fingerprint density at radius 3 is 2.85 bits per heavy atom. The lowest BCUT2D eigenvalue weighted by atomic mass is 10.1. The SMILES string of the molecule is FC1CNCC[C@@H]1Oc1cccc2ccc(-c3cnc4cc(OC5CCOCC5)ccn34)nc12.